The highest BCUT2D eigenvalue weighted by atomic mass is 31.2. The minimum Gasteiger partial charge on any atom is -0.384 e. The monoisotopic (exact) mass is 402 g/mol. The summed E-state index contributed by atoms with van der Waals surface area (Å²) in [4.78, 5) is 0. The second kappa shape index (κ2) is 9.42. The van der Waals surface area contributed by atoms with Gasteiger partial charge in [0, 0.05) is 6.00 Å². The first kappa shape index (κ1) is 24.0. The molecule has 5 heteroatoms. The highest BCUT2D eigenvalue weighted by Gasteiger charge is 2.36. The Labute approximate surface area is 160 Å². The van der Waals surface area contributed by atoms with Crippen molar-refractivity contribution < 1.29 is 4.74 Å². The Hall–Kier alpha value is 0.925. The average molecular weight is 402 g/mol. The van der Waals surface area contributed by atoms with E-state index in [4.69, 9.17) is 25.2 Å². The first-order valence-electron chi connectivity index (χ1n) is 9.91. The van der Waals surface area contributed by atoms with Gasteiger partial charge in [-0.05, 0) is 61.4 Å². The van der Waals surface area contributed by atoms with Crippen LogP contribution < -0.4 is 0 Å². The van der Waals surface area contributed by atoms with Gasteiger partial charge in [0.1, 0.15) is 7.85 Å². The maximum absolute atomic E-state index is 6.10. The summed E-state index contributed by atoms with van der Waals surface area (Å²) in [5, 5.41) is 0. The fraction of sp³-hybridized carbons (Fsp3) is 0.850. The van der Waals surface area contributed by atoms with E-state index in [2.05, 4.69) is 47.6 Å². The molecule has 25 heavy (non-hydrogen) atoms. The van der Waals surface area contributed by atoms with E-state index >= 15 is 0 Å². The van der Waals surface area contributed by atoms with E-state index in [0.717, 1.165) is 6.42 Å². The van der Waals surface area contributed by atoms with Gasteiger partial charge in [-0.25, -0.2) is 0 Å². The van der Waals surface area contributed by atoms with Gasteiger partial charge in [0.15, 0.2) is 0 Å². The van der Waals surface area contributed by atoms with E-state index in [1.54, 1.807) is 0 Å². The molecule has 0 amide bonds. The maximum Gasteiger partial charge on any atom is 0.109 e. The molecule has 0 bridgehead atoms. The van der Waals surface area contributed by atoms with E-state index in [0.29, 0.717) is 17.9 Å². The predicted molar refractivity (Wildman–Crippen MR) is 132 cm³/mol. The molecule has 0 spiro atoms. The Morgan fingerprint density at radius 1 is 0.880 bits per heavy atom. The van der Waals surface area contributed by atoms with Crippen LogP contribution in [0, 0.1) is 11.8 Å². The molecule has 1 rings (SSSR count). The van der Waals surface area contributed by atoms with Crippen molar-refractivity contribution >= 4 is 47.4 Å². The number of rotatable bonds is 10. The van der Waals surface area contributed by atoms with E-state index in [-0.39, 0.29) is 6.00 Å². The Morgan fingerprint density at radius 2 is 1.44 bits per heavy atom. The highest BCUT2D eigenvalue weighted by Crippen LogP contribution is 2.66. The molecule has 1 saturated heterocycles. The molecule has 2 radical (unpaired) electrons. The zero-order valence-corrected chi connectivity index (χ0v) is 20.4. The lowest BCUT2D eigenvalue weighted by atomic mass is 9.81. The standard InChI is InChI=1S/C20H42BOP3/c1-10-23(6,7)15-25(9,12-3)16-24(8,11-2)14-13-19-17(4)18(5)20(21)22-19/h17-20H,6,8-16H2,1-5,7H3. The van der Waals surface area contributed by atoms with Crippen LogP contribution in [0.2, 0.25) is 0 Å². The van der Waals surface area contributed by atoms with Crippen molar-refractivity contribution in [3.05, 3.63) is 0 Å². The molecule has 0 aliphatic carbocycles. The van der Waals surface area contributed by atoms with E-state index in [1.807, 2.05) is 0 Å². The van der Waals surface area contributed by atoms with Crippen LogP contribution >= 0.6 is 20.7 Å². The van der Waals surface area contributed by atoms with Gasteiger partial charge in [-0.1, -0.05) is 40.9 Å². The van der Waals surface area contributed by atoms with Crippen molar-refractivity contribution in [3.63, 3.8) is 0 Å². The average Bonchev–Trinajstić information content (AvgIpc) is 2.79. The molecule has 0 saturated carbocycles. The summed E-state index contributed by atoms with van der Waals surface area (Å²) >= 11 is 0. The van der Waals surface area contributed by atoms with Crippen LogP contribution in [-0.2, 0) is 4.74 Å². The molecule has 1 aliphatic rings. The molecule has 7 atom stereocenters. The van der Waals surface area contributed by atoms with Crippen LogP contribution in [0.15, 0.2) is 0 Å². The van der Waals surface area contributed by atoms with E-state index in [1.165, 1.54) is 36.5 Å². The van der Waals surface area contributed by atoms with Gasteiger partial charge in [0.05, 0.1) is 6.10 Å². The third-order valence-corrected chi connectivity index (χ3v) is 21.8. The zero-order valence-electron chi connectivity index (χ0n) is 17.7. The normalized spacial score (nSPS) is 34.2. The van der Waals surface area contributed by atoms with E-state index < -0.39 is 20.7 Å². The Kier molecular flexibility index (Phi) is 9.03. The predicted octanol–water partition coefficient (Wildman–Crippen LogP) is 5.50. The van der Waals surface area contributed by atoms with Gasteiger partial charge < -0.3 is 4.74 Å². The van der Waals surface area contributed by atoms with Crippen LogP contribution in [0.25, 0.3) is 0 Å². The topological polar surface area (TPSA) is 9.23 Å². The van der Waals surface area contributed by atoms with Crippen LogP contribution in [0.5, 0.6) is 0 Å². The summed E-state index contributed by atoms with van der Waals surface area (Å²) in [6.45, 7) is 10.5. The Balaban J connectivity index is 2.79. The van der Waals surface area contributed by atoms with Gasteiger partial charge >= 0.3 is 0 Å². The molecule has 1 heterocycles. The minimum absolute atomic E-state index is 0.0875. The van der Waals surface area contributed by atoms with Crippen molar-refractivity contribution in [1.82, 2.24) is 0 Å². The molecular weight excluding hydrogens is 360 g/mol. The molecule has 0 aromatic rings. The van der Waals surface area contributed by atoms with E-state index in [9.17, 15) is 0 Å². The zero-order chi connectivity index (χ0) is 19.5. The van der Waals surface area contributed by atoms with Crippen molar-refractivity contribution in [3.8, 4) is 0 Å². The molecule has 1 aliphatic heterocycles. The van der Waals surface area contributed by atoms with Crippen molar-refractivity contribution in [2.75, 3.05) is 43.1 Å². The minimum atomic E-state index is -1.20. The quantitative estimate of drug-likeness (QED) is 0.347. The molecule has 0 aromatic heterocycles. The van der Waals surface area contributed by atoms with Crippen molar-refractivity contribution in [2.24, 2.45) is 11.8 Å². The fourth-order valence-electron chi connectivity index (χ4n) is 3.85. The first-order valence-corrected chi connectivity index (χ1v) is 17.8. The largest absolute Gasteiger partial charge is 0.384 e. The molecule has 146 valence electrons. The lowest BCUT2D eigenvalue weighted by molar-refractivity contribution is 0.0704. The lowest BCUT2D eigenvalue weighted by Gasteiger charge is -2.36. The van der Waals surface area contributed by atoms with Crippen LogP contribution in [0.3, 0.4) is 0 Å². The Morgan fingerprint density at radius 3 is 1.84 bits per heavy atom. The van der Waals surface area contributed by atoms with Gasteiger partial charge in [-0.3, -0.25) is 0 Å². The second-order valence-corrected chi connectivity index (χ2v) is 22.1. The summed E-state index contributed by atoms with van der Waals surface area (Å²) < 4.78 is 6.04. The SMILES string of the molecule is [B]C1OC(CCP(=C)(CC)CP(=C)(CC)CP(=C)(C)CC)C(C)C1C. The second-order valence-electron chi connectivity index (χ2n) is 8.90. The summed E-state index contributed by atoms with van der Waals surface area (Å²) in [5.74, 6) is 3.63. The first-order chi connectivity index (χ1) is 11.4. The number of ether oxygens (including phenoxy) is 1. The smallest absolute Gasteiger partial charge is 0.109 e. The molecule has 1 nitrogen and oxygen atoms in total. The van der Waals surface area contributed by atoms with Crippen molar-refractivity contribution in [1.29, 1.82) is 0 Å². The molecule has 7 unspecified atom stereocenters. The van der Waals surface area contributed by atoms with Crippen LogP contribution in [-0.4, -0.2) is 82.0 Å². The van der Waals surface area contributed by atoms with Gasteiger partial charge in [0.25, 0.3) is 0 Å². The molecular formula is C20H42BOP3. The number of hydrogen-bond acceptors (Lipinski definition) is 1. The summed E-state index contributed by atoms with van der Waals surface area (Å²) in [6, 6.07) is -0.0875. The Bertz CT molecular complexity index is 571. The lowest BCUT2D eigenvalue weighted by Crippen LogP contribution is -2.18. The fourth-order valence-corrected chi connectivity index (χ4v) is 20.8. The molecule has 0 N–H and O–H groups in total. The highest BCUT2D eigenvalue weighted by molar-refractivity contribution is 7.95. The maximum atomic E-state index is 6.10. The van der Waals surface area contributed by atoms with Crippen LogP contribution in [0.1, 0.15) is 41.0 Å². The summed E-state index contributed by atoms with van der Waals surface area (Å²) in [6.07, 6.45) is 20.6. The third-order valence-electron chi connectivity index (χ3n) is 6.50. The summed E-state index contributed by atoms with van der Waals surface area (Å²) in [5.41, 5.74) is 0. The van der Waals surface area contributed by atoms with Gasteiger partial charge in [0.2, 0.25) is 0 Å². The van der Waals surface area contributed by atoms with Crippen LogP contribution in [0.4, 0.5) is 0 Å². The third kappa shape index (κ3) is 6.79. The summed E-state index contributed by atoms with van der Waals surface area (Å²) in [7, 11) is 6.10. The molecule has 0 aromatic carbocycles. The molecule has 1 fully saturated rings. The van der Waals surface area contributed by atoms with Gasteiger partial charge in [-0.15, -0.1) is 33.3 Å². The van der Waals surface area contributed by atoms with Crippen molar-refractivity contribution in [2.45, 2.75) is 53.1 Å². The van der Waals surface area contributed by atoms with Gasteiger partial charge in [-0.2, -0.15) is 0 Å². The number of hydrogen-bond donors (Lipinski definition) is 0.